The van der Waals surface area contributed by atoms with Crippen molar-refractivity contribution in [2.75, 3.05) is 7.05 Å². The average Bonchev–Trinajstić information content (AvgIpc) is 2.03. The third-order valence-electron chi connectivity index (χ3n) is 1.44. The summed E-state index contributed by atoms with van der Waals surface area (Å²) < 4.78 is 5.53. The van der Waals surface area contributed by atoms with E-state index in [1.54, 1.807) is 25.2 Å². The zero-order valence-corrected chi connectivity index (χ0v) is 14.2. The summed E-state index contributed by atoms with van der Waals surface area (Å²) in [5.74, 6) is -0.315. The number of hydrogen-bond donors (Lipinski definition) is 1. The molecule has 1 N–H and O–H groups in total. The molecule has 0 fully saturated rings. The molecule has 5 heteroatoms. The van der Waals surface area contributed by atoms with Crippen molar-refractivity contribution in [3.05, 3.63) is 29.1 Å². The molecule has 0 amide bonds. The van der Waals surface area contributed by atoms with Crippen molar-refractivity contribution in [2.45, 2.75) is 13.8 Å². The summed E-state index contributed by atoms with van der Waals surface area (Å²) in [6.07, 6.45) is 5.09. The molecule has 0 aliphatic heterocycles. The van der Waals surface area contributed by atoms with Crippen LogP contribution in [0.2, 0.25) is 0 Å². The van der Waals surface area contributed by atoms with Crippen molar-refractivity contribution in [1.82, 2.24) is 0 Å². The Bertz CT molecular complexity index is 282. The van der Waals surface area contributed by atoms with Crippen LogP contribution in [0, 0.1) is 5.21 Å². The number of hydroxylamine groups is 2. The van der Waals surface area contributed by atoms with Crippen LogP contribution in [0.5, 0.6) is 0 Å². The van der Waals surface area contributed by atoms with E-state index in [9.17, 15) is 10.0 Å². The molecule has 1 unspecified atom stereocenters. The van der Waals surface area contributed by atoms with Gasteiger partial charge in [0.05, 0.1) is 0 Å². The molecule has 0 aliphatic rings. The number of carbonyl (C=O) groups is 1. The SMILES string of the molecule is C/C=C(\C=C/[C](=[TlH])OC(C)=O)[NH+](C)[O-]. The van der Waals surface area contributed by atoms with Gasteiger partial charge < -0.3 is 0 Å². The van der Waals surface area contributed by atoms with Crippen molar-refractivity contribution in [3.63, 3.8) is 0 Å². The molecule has 0 bridgehead atoms. The molecule has 0 radical (unpaired) electrons. The Balaban J connectivity index is 4.29. The molecule has 14 heavy (non-hydrogen) atoms. The van der Waals surface area contributed by atoms with E-state index < -0.39 is 0 Å². The van der Waals surface area contributed by atoms with E-state index in [-0.39, 0.29) is 36.3 Å². The van der Waals surface area contributed by atoms with E-state index in [0.717, 1.165) is 0 Å². The molecule has 0 heterocycles. The third-order valence-corrected chi connectivity index (χ3v) is 2.92. The van der Waals surface area contributed by atoms with Crippen LogP contribution in [0.3, 0.4) is 0 Å². The fourth-order valence-corrected chi connectivity index (χ4v) is 2.07. The zero-order valence-electron chi connectivity index (χ0n) is 8.66. The van der Waals surface area contributed by atoms with Crippen LogP contribution in [0.15, 0.2) is 23.9 Å². The maximum atomic E-state index is 11.0. The van der Waals surface area contributed by atoms with E-state index in [1.165, 1.54) is 14.0 Å². The van der Waals surface area contributed by atoms with Crippen LogP contribution >= 0.6 is 0 Å². The number of carbonyl (C=O) groups excluding carboxylic acids is 1. The standard InChI is InChI=1S/C9H13NO3.Tl.H/c1-4-9(10(3)12)6-5-7-13-8(2)11;;/h4-6,10H,1-3H3;;/b6-5-,9-4+;;. The Morgan fingerprint density at radius 3 is 2.43 bits per heavy atom. The van der Waals surface area contributed by atoms with Crippen molar-refractivity contribution >= 4 is 34.5 Å². The van der Waals surface area contributed by atoms with Gasteiger partial charge in [-0.2, -0.15) is 0 Å². The summed E-state index contributed by atoms with van der Waals surface area (Å²) in [4.78, 5) is 10.6. The summed E-state index contributed by atoms with van der Waals surface area (Å²) in [6, 6.07) is 0. The van der Waals surface area contributed by atoms with Gasteiger partial charge in [-0.25, -0.2) is 0 Å². The molecule has 0 aromatic heterocycles. The number of quaternary nitrogens is 1. The van der Waals surface area contributed by atoms with Crippen LogP contribution in [0.25, 0.3) is 0 Å². The Morgan fingerprint density at radius 2 is 2.07 bits per heavy atom. The van der Waals surface area contributed by atoms with E-state index >= 15 is 0 Å². The van der Waals surface area contributed by atoms with Gasteiger partial charge in [-0.15, -0.1) is 0 Å². The Morgan fingerprint density at radius 1 is 1.50 bits per heavy atom. The quantitative estimate of drug-likeness (QED) is 0.293. The van der Waals surface area contributed by atoms with Crippen LogP contribution in [0.4, 0.5) is 0 Å². The predicted octanol–water partition coefficient (Wildman–Crippen LogP) is -0.947. The van der Waals surface area contributed by atoms with Gasteiger partial charge >= 0.3 is 99.1 Å². The van der Waals surface area contributed by atoms with Gasteiger partial charge in [-0.3, -0.25) is 0 Å². The molecule has 0 rings (SSSR count). The number of likely N-dealkylation sites (N-methyl/N-ethyl adjacent to an activating group) is 1. The first-order valence-electron chi connectivity index (χ1n) is 4.20. The van der Waals surface area contributed by atoms with E-state index in [1.807, 2.05) is 0 Å². The fraction of sp³-hybridized carbons (Fsp3) is 0.333. The molecule has 4 nitrogen and oxygen atoms in total. The van der Waals surface area contributed by atoms with Crippen molar-refractivity contribution in [1.29, 1.82) is 0 Å². The molecule has 0 saturated carbocycles. The minimum absolute atomic E-state index is 0.00714. The normalized spacial score (nSPS) is 14.1. The summed E-state index contributed by atoms with van der Waals surface area (Å²) in [6.45, 7) is 3.16. The number of rotatable bonds is 4. The van der Waals surface area contributed by atoms with Gasteiger partial charge in [0.2, 0.25) is 0 Å². The van der Waals surface area contributed by atoms with Gasteiger partial charge in [0.15, 0.2) is 0 Å². The van der Waals surface area contributed by atoms with Crippen LogP contribution < -0.4 is 5.06 Å². The van der Waals surface area contributed by atoms with Gasteiger partial charge in [0.1, 0.15) is 0 Å². The minimum atomic E-state index is -0.315. The number of allylic oxidation sites excluding steroid dienone is 2. The second kappa shape index (κ2) is 7.02. The van der Waals surface area contributed by atoms with E-state index in [4.69, 9.17) is 4.74 Å². The Hall–Kier alpha value is -0.338. The Kier molecular flexibility index (Phi) is 6.85. The molecule has 1 atom stereocenters. The molecule has 0 aromatic rings. The van der Waals surface area contributed by atoms with Gasteiger partial charge in [0.25, 0.3) is 0 Å². The second-order valence-electron chi connectivity index (χ2n) is 2.69. The molecule has 0 aromatic carbocycles. The van der Waals surface area contributed by atoms with Gasteiger partial charge in [-0.05, 0) is 0 Å². The third kappa shape index (κ3) is 6.17. The number of hydrogen-bond acceptors (Lipinski definition) is 3. The monoisotopic (exact) mass is 389 g/mol. The molecule has 0 spiro atoms. The van der Waals surface area contributed by atoms with E-state index in [2.05, 4.69) is 0 Å². The molecular formula is C9H14NO3Tl. The number of esters is 1. The van der Waals surface area contributed by atoms with Gasteiger partial charge in [-0.1, -0.05) is 0 Å². The predicted molar refractivity (Wildman–Crippen MR) is 57.1 cm³/mol. The Labute approximate surface area is 99.0 Å². The number of ether oxygens (including phenoxy) is 1. The van der Waals surface area contributed by atoms with Crippen molar-refractivity contribution in [2.24, 2.45) is 0 Å². The first-order chi connectivity index (χ1) is 6.47. The summed E-state index contributed by atoms with van der Waals surface area (Å²) in [7, 11) is 1.50. The molecule has 0 saturated heterocycles. The summed E-state index contributed by atoms with van der Waals surface area (Å²) >= 11 is 0.232. The molecule has 0 aliphatic carbocycles. The zero-order chi connectivity index (χ0) is 11.1. The first-order valence-corrected chi connectivity index (χ1v) is 6.95. The topological polar surface area (TPSA) is 53.8 Å². The average molecular weight is 389 g/mol. The van der Waals surface area contributed by atoms with Crippen molar-refractivity contribution in [3.8, 4) is 0 Å². The van der Waals surface area contributed by atoms with Crippen LogP contribution in [-0.2, 0) is 9.53 Å². The molecule has 76 valence electrons. The van der Waals surface area contributed by atoms with E-state index in [0.29, 0.717) is 8.94 Å². The summed E-state index contributed by atoms with van der Waals surface area (Å²) in [5.41, 5.74) is 0.625. The second-order valence-corrected chi connectivity index (χ2v) is 5.40. The van der Waals surface area contributed by atoms with Crippen LogP contribution in [-0.4, -0.2) is 41.5 Å². The summed E-state index contributed by atoms with van der Waals surface area (Å²) in [5, 5.41) is 11.0. The molecular weight excluding hydrogens is 374 g/mol. The maximum absolute atomic E-state index is 11.0. The number of nitrogens with one attached hydrogen (secondary N) is 1. The van der Waals surface area contributed by atoms with Gasteiger partial charge in [0, 0.05) is 0 Å². The first kappa shape index (κ1) is 13.7. The van der Waals surface area contributed by atoms with Crippen molar-refractivity contribution < 1.29 is 14.6 Å². The fourth-order valence-electron chi connectivity index (χ4n) is 0.818. The van der Waals surface area contributed by atoms with Crippen LogP contribution in [0.1, 0.15) is 13.8 Å².